The van der Waals surface area contributed by atoms with Crippen molar-refractivity contribution in [1.82, 2.24) is 4.90 Å². The third kappa shape index (κ3) is 6.61. The van der Waals surface area contributed by atoms with E-state index in [9.17, 15) is 13.2 Å². The van der Waals surface area contributed by atoms with Crippen molar-refractivity contribution in [3.8, 4) is 11.5 Å². The van der Waals surface area contributed by atoms with Gasteiger partial charge in [0.15, 0.2) is 6.10 Å². The fourth-order valence-corrected chi connectivity index (χ4v) is 3.84. The van der Waals surface area contributed by atoms with Crippen molar-refractivity contribution in [2.24, 2.45) is 0 Å². The van der Waals surface area contributed by atoms with E-state index in [-0.39, 0.29) is 12.0 Å². The molecule has 1 fully saturated rings. The van der Waals surface area contributed by atoms with Crippen LogP contribution in [0.1, 0.15) is 19.8 Å². The lowest BCUT2D eigenvalue weighted by molar-refractivity contribution is -0.122. The number of benzene rings is 2. The lowest BCUT2D eigenvalue weighted by Crippen LogP contribution is -2.35. The largest absolute Gasteiger partial charge is 0.490 e. The minimum absolute atomic E-state index is 0.226. The summed E-state index contributed by atoms with van der Waals surface area (Å²) in [5.41, 5.74) is 1.17. The summed E-state index contributed by atoms with van der Waals surface area (Å²) in [6.07, 6.45) is 2.65. The predicted molar refractivity (Wildman–Crippen MR) is 126 cm³/mol. The van der Waals surface area contributed by atoms with Crippen molar-refractivity contribution in [1.29, 1.82) is 0 Å². The van der Waals surface area contributed by atoms with Gasteiger partial charge in [-0.25, -0.2) is 8.42 Å². The molecule has 174 valence electrons. The van der Waals surface area contributed by atoms with Crippen molar-refractivity contribution in [2.45, 2.75) is 32.0 Å². The predicted octanol–water partition coefficient (Wildman–Crippen LogP) is 2.96. The number of anilines is 2. The quantitative estimate of drug-likeness (QED) is 0.650. The molecule has 1 unspecified atom stereocenters. The first kappa shape index (κ1) is 23.9. The number of likely N-dealkylation sites (tertiary alicyclic amines) is 1. The molecular formula is C23H31N3O5S. The molecule has 2 aromatic rings. The topological polar surface area (TPSA) is 88.2 Å². The van der Waals surface area contributed by atoms with Gasteiger partial charge in [0.1, 0.15) is 17.6 Å². The number of amides is 1. The molecule has 8 nitrogen and oxygen atoms in total. The Morgan fingerprint density at radius 2 is 1.62 bits per heavy atom. The summed E-state index contributed by atoms with van der Waals surface area (Å²) in [4.78, 5) is 14.8. The molecule has 0 aliphatic carbocycles. The van der Waals surface area contributed by atoms with Gasteiger partial charge in [-0.05, 0) is 75.3 Å². The van der Waals surface area contributed by atoms with E-state index in [1.165, 1.54) is 11.4 Å². The summed E-state index contributed by atoms with van der Waals surface area (Å²) >= 11 is 0. The molecule has 0 saturated carbocycles. The third-order valence-corrected chi connectivity index (χ3v) is 6.68. The Labute approximate surface area is 190 Å². The zero-order valence-electron chi connectivity index (χ0n) is 18.9. The number of ether oxygens (including phenoxy) is 2. The van der Waals surface area contributed by atoms with Gasteiger partial charge < -0.3 is 19.7 Å². The Bertz CT molecular complexity index is 1000. The van der Waals surface area contributed by atoms with Crippen LogP contribution in [0.4, 0.5) is 11.4 Å². The van der Waals surface area contributed by atoms with E-state index in [1.807, 2.05) is 24.3 Å². The van der Waals surface area contributed by atoms with Gasteiger partial charge in [-0.15, -0.1) is 0 Å². The summed E-state index contributed by atoms with van der Waals surface area (Å²) in [7, 11) is 0.258. The Morgan fingerprint density at radius 1 is 1.06 bits per heavy atom. The Morgan fingerprint density at radius 3 is 2.19 bits per heavy atom. The maximum atomic E-state index is 12.5. The summed E-state index contributed by atoms with van der Waals surface area (Å²) in [5.74, 6) is 0.979. The second kappa shape index (κ2) is 10.2. The van der Waals surface area contributed by atoms with Crippen LogP contribution in [0.3, 0.4) is 0 Å². The normalized spacial score (nSPS) is 16.2. The first-order chi connectivity index (χ1) is 15.1. The standard InChI is InChI=1S/C23H31N3O5S/c1-17(30-20-11-7-19(8-12-20)26(3)32(4,28)29)23(27)24-18-5-9-21(10-6-18)31-22-13-15-25(2)16-14-22/h5-12,17,22H,13-16H2,1-4H3,(H,24,27). The van der Waals surface area contributed by atoms with Crippen LogP contribution in [-0.4, -0.2) is 64.9 Å². The highest BCUT2D eigenvalue weighted by molar-refractivity contribution is 7.92. The molecule has 1 aliphatic rings. The molecule has 1 amide bonds. The van der Waals surface area contributed by atoms with Gasteiger partial charge in [-0.2, -0.15) is 0 Å². The van der Waals surface area contributed by atoms with Crippen molar-refractivity contribution in [3.05, 3.63) is 48.5 Å². The SMILES string of the molecule is CC(Oc1ccc(N(C)S(C)(=O)=O)cc1)C(=O)Nc1ccc(OC2CCN(C)CC2)cc1. The molecule has 9 heteroatoms. The fraction of sp³-hybridized carbons (Fsp3) is 0.435. The Kier molecular flexibility index (Phi) is 7.63. The molecule has 1 saturated heterocycles. The van der Waals surface area contributed by atoms with E-state index < -0.39 is 16.1 Å². The maximum absolute atomic E-state index is 12.5. The highest BCUT2D eigenvalue weighted by atomic mass is 32.2. The summed E-state index contributed by atoms with van der Waals surface area (Å²) in [6, 6.07) is 13.9. The number of nitrogens with zero attached hydrogens (tertiary/aromatic N) is 2. The number of rotatable bonds is 8. The van der Waals surface area contributed by atoms with Crippen molar-refractivity contribution in [3.63, 3.8) is 0 Å². The van der Waals surface area contributed by atoms with Gasteiger partial charge in [0.2, 0.25) is 10.0 Å². The van der Waals surface area contributed by atoms with Crippen LogP contribution >= 0.6 is 0 Å². The number of carbonyl (C=O) groups is 1. The van der Waals surface area contributed by atoms with Crippen LogP contribution in [0, 0.1) is 0 Å². The van der Waals surface area contributed by atoms with Gasteiger partial charge in [0.25, 0.3) is 5.91 Å². The first-order valence-corrected chi connectivity index (χ1v) is 12.4. The number of piperidine rings is 1. The molecule has 3 rings (SSSR count). The molecule has 1 heterocycles. The molecule has 1 atom stereocenters. The molecule has 0 bridgehead atoms. The van der Waals surface area contributed by atoms with Crippen LogP contribution < -0.4 is 19.1 Å². The minimum Gasteiger partial charge on any atom is -0.490 e. The van der Waals surface area contributed by atoms with E-state index in [2.05, 4.69) is 17.3 Å². The lowest BCUT2D eigenvalue weighted by atomic mass is 10.1. The van der Waals surface area contributed by atoms with E-state index in [4.69, 9.17) is 9.47 Å². The molecule has 1 N–H and O–H groups in total. The van der Waals surface area contributed by atoms with Crippen LogP contribution in [0.25, 0.3) is 0 Å². The van der Waals surface area contributed by atoms with E-state index in [0.717, 1.165) is 37.9 Å². The molecule has 0 aromatic heterocycles. The first-order valence-electron chi connectivity index (χ1n) is 10.6. The van der Waals surface area contributed by atoms with E-state index in [0.29, 0.717) is 17.1 Å². The second-order valence-corrected chi connectivity index (χ2v) is 10.1. The lowest BCUT2D eigenvalue weighted by Gasteiger charge is -2.29. The highest BCUT2D eigenvalue weighted by Crippen LogP contribution is 2.23. The number of hydrogen-bond acceptors (Lipinski definition) is 6. The average molecular weight is 462 g/mol. The highest BCUT2D eigenvalue weighted by Gasteiger charge is 2.19. The minimum atomic E-state index is -3.34. The monoisotopic (exact) mass is 461 g/mol. The number of carbonyl (C=O) groups excluding carboxylic acids is 1. The van der Waals surface area contributed by atoms with Gasteiger partial charge in [-0.1, -0.05) is 0 Å². The van der Waals surface area contributed by atoms with Gasteiger partial charge >= 0.3 is 0 Å². The van der Waals surface area contributed by atoms with E-state index >= 15 is 0 Å². The van der Waals surface area contributed by atoms with Gasteiger partial charge in [-0.3, -0.25) is 9.10 Å². The number of sulfonamides is 1. The summed E-state index contributed by atoms with van der Waals surface area (Å²) in [5, 5.41) is 2.83. The Balaban J connectivity index is 1.51. The van der Waals surface area contributed by atoms with Crippen molar-refractivity contribution in [2.75, 3.05) is 43.1 Å². The van der Waals surface area contributed by atoms with Gasteiger partial charge in [0.05, 0.1) is 11.9 Å². The number of hydrogen-bond donors (Lipinski definition) is 1. The van der Waals surface area contributed by atoms with Crippen LogP contribution in [0.2, 0.25) is 0 Å². The molecule has 0 radical (unpaired) electrons. The van der Waals surface area contributed by atoms with Crippen molar-refractivity contribution < 1.29 is 22.7 Å². The third-order valence-electron chi connectivity index (χ3n) is 5.47. The van der Waals surface area contributed by atoms with Crippen LogP contribution in [0.5, 0.6) is 11.5 Å². The molecule has 32 heavy (non-hydrogen) atoms. The summed E-state index contributed by atoms with van der Waals surface area (Å²) < 4.78 is 36.1. The smallest absolute Gasteiger partial charge is 0.265 e. The van der Waals surface area contributed by atoms with Crippen LogP contribution in [-0.2, 0) is 14.8 Å². The zero-order chi connectivity index (χ0) is 23.3. The molecular weight excluding hydrogens is 430 g/mol. The molecule has 0 spiro atoms. The fourth-order valence-electron chi connectivity index (χ4n) is 3.34. The van der Waals surface area contributed by atoms with Crippen molar-refractivity contribution >= 4 is 27.3 Å². The van der Waals surface area contributed by atoms with Crippen LogP contribution in [0.15, 0.2) is 48.5 Å². The molecule has 1 aliphatic heterocycles. The average Bonchev–Trinajstić information content (AvgIpc) is 2.76. The summed E-state index contributed by atoms with van der Waals surface area (Å²) in [6.45, 7) is 3.73. The van der Waals surface area contributed by atoms with E-state index in [1.54, 1.807) is 31.2 Å². The Hall–Kier alpha value is -2.78. The second-order valence-electron chi connectivity index (χ2n) is 8.12. The zero-order valence-corrected chi connectivity index (χ0v) is 19.8. The maximum Gasteiger partial charge on any atom is 0.265 e. The molecule has 2 aromatic carbocycles. The number of nitrogens with one attached hydrogen (secondary N) is 1. The van der Waals surface area contributed by atoms with Gasteiger partial charge in [0, 0.05) is 25.8 Å².